The molecule has 0 radical (unpaired) electrons. The summed E-state index contributed by atoms with van der Waals surface area (Å²) in [5.41, 5.74) is 7.91. The molecule has 17 heavy (non-hydrogen) atoms. The summed E-state index contributed by atoms with van der Waals surface area (Å²) in [6, 6.07) is 8.19. The summed E-state index contributed by atoms with van der Waals surface area (Å²) < 4.78 is 23.1. The van der Waals surface area contributed by atoms with Gasteiger partial charge in [-0.2, -0.15) is 0 Å². The maximum absolute atomic E-state index is 11.7. The third-order valence-corrected chi connectivity index (χ3v) is 3.45. The van der Waals surface area contributed by atoms with Crippen molar-refractivity contribution in [3.63, 3.8) is 0 Å². The topological polar surface area (TPSA) is 78.2 Å². The average Bonchev–Trinajstić information content (AvgIpc) is 2.26. The van der Waals surface area contributed by atoms with Crippen LogP contribution in [0.25, 0.3) is 5.73 Å². The van der Waals surface area contributed by atoms with Crippen molar-refractivity contribution in [1.29, 1.82) is 0 Å². The predicted molar refractivity (Wildman–Crippen MR) is 61.5 cm³/mol. The van der Waals surface area contributed by atoms with Crippen molar-refractivity contribution in [3.8, 4) is 0 Å². The Balaban J connectivity index is 0.00000256. The van der Waals surface area contributed by atoms with Gasteiger partial charge in [-0.05, 0) is 6.17 Å². The van der Waals surface area contributed by atoms with E-state index in [4.69, 9.17) is 5.73 Å². The van der Waals surface area contributed by atoms with Crippen LogP contribution in [0.1, 0.15) is 10.4 Å². The van der Waals surface area contributed by atoms with Gasteiger partial charge in [0.05, 0.1) is 6.26 Å². The number of carbonyl (C=O) groups is 1. The van der Waals surface area contributed by atoms with E-state index < -0.39 is 22.0 Å². The van der Waals surface area contributed by atoms with Crippen LogP contribution in [0.4, 0.5) is 0 Å². The van der Waals surface area contributed by atoms with E-state index >= 15 is 0 Å². The maximum Gasteiger partial charge on any atom is 1.00 e. The van der Waals surface area contributed by atoms with E-state index in [0.717, 1.165) is 10.6 Å². The second-order valence-corrected chi connectivity index (χ2v) is 5.45. The number of Topliss-reactive ketones (excluding diaryl/α,β-unsaturated/α-hetero) is 1. The first-order chi connectivity index (χ1) is 7.34. The summed E-state index contributed by atoms with van der Waals surface area (Å²) in [4.78, 5) is 11.7. The van der Waals surface area contributed by atoms with Crippen LogP contribution >= 0.6 is 0 Å². The van der Waals surface area contributed by atoms with Crippen LogP contribution in [0.5, 0.6) is 0 Å². The van der Waals surface area contributed by atoms with Gasteiger partial charge in [-0.3, -0.25) is 4.79 Å². The molecule has 98 valence electrons. The van der Waals surface area contributed by atoms with Crippen LogP contribution in [0.3, 0.4) is 0 Å². The molecule has 0 spiro atoms. The van der Waals surface area contributed by atoms with Crippen molar-refractivity contribution in [2.45, 2.75) is 6.17 Å². The van der Waals surface area contributed by atoms with Gasteiger partial charge in [-0.15, -0.1) is 0 Å². The molecule has 5 nitrogen and oxygen atoms in total. The molecule has 0 bridgehead atoms. The number of nitrogens with zero attached hydrogens (tertiary/aromatic N) is 1. The number of benzene rings is 1. The molecule has 1 rings (SSSR count). The first-order valence-electron chi connectivity index (χ1n) is 4.57. The van der Waals surface area contributed by atoms with Crippen molar-refractivity contribution in [2.75, 3.05) is 13.3 Å². The van der Waals surface area contributed by atoms with Gasteiger partial charge >= 0.3 is 17.1 Å². The number of hydrogen-bond donors (Lipinski definition) is 0. The fraction of sp³-hybridized carbons (Fsp3) is 0.300. The number of sulfonamides is 1. The molecule has 1 unspecified atom stereocenters. The number of carbonyl (C=O) groups excluding carboxylic acids is 1. The molecule has 0 aromatic heterocycles. The van der Waals surface area contributed by atoms with E-state index in [9.17, 15) is 13.2 Å². The van der Waals surface area contributed by atoms with E-state index in [1.54, 1.807) is 30.3 Å². The molecular weight excluding hydrogens is 292 g/mol. The number of likely N-dealkylation sites (N-methyl/N-ethyl adjacent to an activating group) is 1. The van der Waals surface area contributed by atoms with Crippen LogP contribution < -0.4 is 0 Å². The molecule has 0 saturated carbocycles. The van der Waals surface area contributed by atoms with Crippen molar-refractivity contribution >= 4 is 15.8 Å². The third kappa shape index (κ3) is 4.22. The third-order valence-electron chi connectivity index (χ3n) is 2.19. The van der Waals surface area contributed by atoms with Crippen LogP contribution in [-0.4, -0.2) is 38.0 Å². The monoisotopic (exact) mass is 304 g/mol. The molecule has 0 saturated heterocycles. The Labute approximate surface area is 112 Å². The summed E-state index contributed by atoms with van der Waals surface area (Å²) >= 11 is 0. The zero-order valence-electron chi connectivity index (χ0n) is 9.35. The van der Waals surface area contributed by atoms with Gasteiger partial charge in [0.15, 0.2) is 5.78 Å². The Morgan fingerprint density at radius 3 is 2.18 bits per heavy atom. The van der Waals surface area contributed by atoms with E-state index in [1.165, 1.54) is 7.05 Å². The van der Waals surface area contributed by atoms with Gasteiger partial charge < -0.3 is 5.73 Å². The molecule has 0 heterocycles. The van der Waals surface area contributed by atoms with Gasteiger partial charge in [-0.1, -0.05) is 30.3 Å². The molecule has 0 aliphatic heterocycles. The molecule has 1 N–H and O–H groups in total. The molecule has 0 aliphatic rings. The van der Waals surface area contributed by atoms with Crippen molar-refractivity contribution in [3.05, 3.63) is 41.6 Å². The van der Waals surface area contributed by atoms with Crippen LogP contribution in [0, 0.1) is 0 Å². The van der Waals surface area contributed by atoms with Crippen LogP contribution in [0.15, 0.2) is 30.3 Å². The van der Waals surface area contributed by atoms with Crippen LogP contribution in [0.2, 0.25) is 0 Å². The Morgan fingerprint density at radius 1 is 1.29 bits per heavy atom. The van der Waals surface area contributed by atoms with Crippen molar-refractivity contribution in [1.82, 2.24) is 4.31 Å². The van der Waals surface area contributed by atoms with Gasteiger partial charge in [0.1, 0.15) is 0 Å². The first kappa shape index (κ1) is 16.3. The zero-order chi connectivity index (χ0) is 12.3. The Hall–Kier alpha value is -0.721. The second kappa shape index (κ2) is 6.28. The van der Waals surface area contributed by atoms with E-state index in [2.05, 4.69) is 0 Å². The van der Waals surface area contributed by atoms with E-state index in [0.29, 0.717) is 5.56 Å². The largest absolute Gasteiger partial charge is 1.00 e. The summed E-state index contributed by atoms with van der Waals surface area (Å²) in [6.07, 6.45) is -0.468. The number of hydrogen-bond acceptors (Lipinski definition) is 3. The molecule has 7 heteroatoms. The SMILES string of the molecule is CN(C([NH-])C(=O)c1ccccc1)S(C)(=O)=O.[Cu+]. The number of ketones is 1. The van der Waals surface area contributed by atoms with Gasteiger partial charge in [0.25, 0.3) is 0 Å². The van der Waals surface area contributed by atoms with Gasteiger partial charge in [-0.25, -0.2) is 12.7 Å². The maximum atomic E-state index is 11.7. The minimum Gasteiger partial charge on any atom is -0.655 e. The molecule has 1 atom stereocenters. The molecule has 1 aromatic carbocycles. The van der Waals surface area contributed by atoms with E-state index in [1.807, 2.05) is 0 Å². The molecule has 0 aliphatic carbocycles. The Morgan fingerprint density at radius 2 is 1.76 bits per heavy atom. The molecular formula is C10H13CuN2O3S. The van der Waals surface area contributed by atoms with Crippen molar-refractivity contribution < 1.29 is 30.3 Å². The zero-order valence-corrected chi connectivity index (χ0v) is 11.1. The van der Waals surface area contributed by atoms with Gasteiger partial charge in [0.2, 0.25) is 10.0 Å². The number of rotatable bonds is 4. The molecule has 1 aromatic rings. The normalized spacial score (nSPS) is 12.9. The fourth-order valence-electron chi connectivity index (χ4n) is 1.12. The standard InChI is InChI=1S/C10H13N2O3S.Cu/c1-12(16(2,14)15)10(11)9(13)8-6-4-3-5-7-8;/h3-7,10-11H,1-2H3;/q-1;+1. The Bertz CT molecular complexity index is 476. The molecule has 0 fully saturated rings. The summed E-state index contributed by atoms with van der Waals surface area (Å²) in [5, 5.41) is 0. The fourth-order valence-corrected chi connectivity index (χ4v) is 1.60. The van der Waals surface area contributed by atoms with Crippen LogP contribution in [-0.2, 0) is 27.1 Å². The minimum absolute atomic E-state index is 0. The van der Waals surface area contributed by atoms with Gasteiger partial charge in [0, 0.05) is 12.6 Å². The quantitative estimate of drug-likeness (QED) is 0.618. The minimum atomic E-state index is -3.53. The first-order valence-corrected chi connectivity index (χ1v) is 6.42. The summed E-state index contributed by atoms with van der Waals surface area (Å²) in [7, 11) is -2.31. The second-order valence-electron chi connectivity index (χ2n) is 3.41. The Kier molecular flexibility index (Phi) is 6.01. The smallest absolute Gasteiger partial charge is 0.655 e. The van der Waals surface area contributed by atoms with Crippen molar-refractivity contribution in [2.24, 2.45) is 0 Å². The summed E-state index contributed by atoms with van der Waals surface area (Å²) in [6.45, 7) is 0. The van der Waals surface area contributed by atoms with E-state index in [-0.39, 0.29) is 17.1 Å². The molecule has 0 amide bonds. The average molecular weight is 305 g/mol. The number of nitrogens with one attached hydrogen (secondary N) is 1. The summed E-state index contributed by atoms with van der Waals surface area (Å²) in [5.74, 6) is -0.534. The predicted octanol–water partition coefficient (Wildman–Crippen LogP) is 1.14.